The molecule has 0 amide bonds. The first-order valence-corrected chi connectivity index (χ1v) is 3.99. The summed E-state index contributed by atoms with van der Waals surface area (Å²) in [5.41, 5.74) is 1.16. The molecule has 0 spiro atoms. The minimum Gasteiger partial charge on any atom is -0.745 e. The van der Waals surface area contributed by atoms with Gasteiger partial charge in [-0.05, 0) is 23.2 Å². The number of nitrogens with zero attached hydrogens (tertiary/aromatic N) is 2. The summed E-state index contributed by atoms with van der Waals surface area (Å²) in [6.45, 7) is 2.01. The number of fused-ring (bicyclic) bond motifs is 1. The second kappa shape index (κ2) is 2.58. The maximum atomic E-state index is 4.85. The van der Waals surface area contributed by atoms with E-state index in [1.807, 2.05) is 25.1 Å². The Bertz CT molecular complexity index is 518. The van der Waals surface area contributed by atoms with Crippen LogP contribution < -0.4 is 15.4 Å². The van der Waals surface area contributed by atoms with E-state index in [-0.39, 0.29) is 0 Å². The molecule has 0 aliphatic carbocycles. The van der Waals surface area contributed by atoms with E-state index in [9.17, 15) is 0 Å². The Morgan fingerprint density at radius 3 is 3.17 bits per heavy atom. The van der Waals surface area contributed by atoms with E-state index in [1.165, 1.54) is 0 Å². The lowest BCUT2D eigenvalue weighted by Gasteiger charge is -1.94. The first kappa shape index (κ1) is 7.26. The van der Waals surface area contributed by atoms with Crippen LogP contribution in [0.15, 0.2) is 28.2 Å². The topological polar surface area (TPSA) is 26.5 Å². The van der Waals surface area contributed by atoms with Crippen molar-refractivity contribution in [1.29, 1.82) is 0 Å². The van der Waals surface area contributed by atoms with Gasteiger partial charge in [0, 0.05) is 11.1 Å². The highest BCUT2D eigenvalue weighted by Gasteiger charge is 1.99. The molecule has 2 rings (SSSR count). The number of rotatable bonds is 0. The lowest BCUT2D eigenvalue weighted by atomic mass is 10.2. The number of hydrogen-bond acceptors (Lipinski definition) is 2. The van der Waals surface area contributed by atoms with Crippen LogP contribution in [-0.2, 0) is 12.6 Å². The van der Waals surface area contributed by atoms with Gasteiger partial charge in [0.25, 0.3) is 0 Å². The smallest absolute Gasteiger partial charge is 0.365 e. The van der Waals surface area contributed by atoms with E-state index >= 15 is 0 Å². The quantitative estimate of drug-likeness (QED) is 0.380. The molecule has 1 aliphatic rings. The third-order valence-corrected chi connectivity index (χ3v) is 1.81. The molecule has 0 unspecified atom stereocenters. The summed E-state index contributed by atoms with van der Waals surface area (Å²) in [5.74, 6) is 2.65. The molecular weight excluding hydrogens is 168 g/mol. The molecule has 0 saturated heterocycles. The third-order valence-electron chi connectivity index (χ3n) is 1.62. The number of hydrogen-bond donors (Lipinski definition) is 0. The highest BCUT2D eigenvalue weighted by molar-refractivity contribution is 7.63. The monoisotopic (exact) mass is 174 g/mol. The lowest BCUT2D eigenvalue weighted by Crippen LogP contribution is -2.29. The van der Waals surface area contributed by atoms with Crippen LogP contribution in [0.25, 0.3) is 0 Å². The van der Waals surface area contributed by atoms with Gasteiger partial charge in [-0.1, -0.05) is 6.07 Å². The fourth-order valence-electron chi connectivity index (χ4n) is 1.06. The Morgan fingerprint density at radius 2 is 2.33 bits per heavy atom. The molecule has 58 valence electrons. The average Bonchev–Trinajstić information content (AvgIpc) is 2.03. The first-order chi connectivity index (χ1) is 5.75. The van der Waals surface area contributed by atoms with Crippen LogP contribution in [0.5, 0.6) is 0 Å². The SMILES string of the molecule is Cc1ccc2c(c1)=NC([S-])=C=[N+]=2. The van der Waals surface area contributed by atoms with E-state index in [2.05, 4.69) is 15.5 Å². The largest absolute Gasteiger partial charge is 0.745 e. The fraction of sp³-hybridized carbons (Fsp3) is 0.111. The van der Waals surface area contributed by atoms with Crippen LogP contribution in [0.4, 0.5) is 0 Å². The van der Waals surface area contributed by atoms with Crippen molar-refractivity contribution in [3.63, 3.8) is 0 Å². The van der Waals surface area contributed by atoms with Crippen LogP contribution >= 0.6 is 0 Å². The predicted molar refractivity (Wildman–Crippen MR) is 49.1 cm³/mol. The second-order valence-electron chi connectivity index (χ2n) is 2.63. The normalized spacial score (nSPS) is 12.6. The molecule has 0 saturated carbocycles. The third kappa shape index (κ3) is 1.17. The minimum absolute atomic E-state index is 0.424. The fourth-order valence-corrected chi connectivity index (χ4v) is 1.20. The highest BCUT2D eigenvalue weighted by atomic mass is 32.1. The van der Waals surface area contributed by atoms with Gasteiger partial charge in [-0.25, -0.2) is 0 Å². The molecule has 1 aliphatic heterocycles. The predicted octanol–water partition coefficient (Wildman–Crippen LogP) is -0.627. The summed E-state index contributed by atoms with van der Waals surface area (Å²) >= 11 is 4.85. The van der Waals surface area contributed by atoms with Gasteiger partial charge in [0.1, 0.15) is 0 Å². The average molecular weight is 174 g/mol. The molecule has 0 radical (unpaired) electrons. The Labute approximate surface area is 75.1 Å². The molecule has 0 aromatic heterocycles. The van der Waals surface area contributed by atoms with Crippen LogP contribution in [-0.4, -0.2) is 5.87 Å². The minimum atomic E-state index is 0.424. The van der Waals surface area contributed by atoms with Gasteiger partial charge in [0.15, 0.2) is 5.36 Å². The van der Waals surface area contributed by atoms with E-state index in [0.717, 1.165) is 16.3 Å². The van der Waals surface area contributed by atoms with Gasteiger partial charge in [-0.2, -0.15) is 0 Å². The number of benzene rings is 1. The number of aryl methyl sites for hydroxylation is 1. The molecule has 1 heterocycles. The summed E-state index contributed by atoms with van der Waals surface area (Å²) in [6, 6.07) is 5.88. The van der Waals surface area contributed by atoms with Crippen molar-refractivity contribution in [2.45, 2.75) is 6.92 Å². The van der Waals surface area contributed by atoms with Gasteiger partial charge in [0.2, 0.25) is 0 Å². The first-order valence-electron chi connectivity index (χ1n) is 3.59. The van der Waals surface area contributed by atoms with Crippen LogP contribution in [0.3, 0.4) is 0 Å². The highest BCUT2D eigenvalue weighted by Crippen LogP contribution is 1.88. The van der Waals surface area contributed by atoms with Crippen molar-refractivity contribution in [3.05, 3.63) is 39.5 Å². The van der Waals surface area contributed by atoms with Gasteiger partial charge in [-0.15, -0.1) is 0 Å². The van der Waals surface area contributed by atoms with Crippen molar-refractivity contribution in [2.24, 2.45) is 4.99 Å². The Morgan fingerprint density at radius 1 is 1.50 bits per heavy atom. The Kier molecular flexibility index (Phi) is 1.56. The molecular formula is C9H6N2S. The zero-order chi connectivity index (χ0) is 8.55. The molecule has 1 aromatic carbocycles. The molecule has 1 aromatic rings. The standard InChI is InChI=1S/C9H6N2S/c1-6-2-3-7-8(4-6)11-9(12)5-10-7/h2-4H,1H3. The molecule has 3 heteroatoms. The zero-order valence-electron chi connectivity index (χ0n) is 6.53. The van der Waals surface area contributed by atoms with E-state index in [4.69, 9.17) is 12.6 Å². The molecule has 0 atom stereocenters. The molecule has 12 heavy (non-hydrogen) atoms. The second-order valence-corrected chi connectivity index (χ2v) is 3.02. The maximum Gasteiger partial charge on any atom is 0.365 e. The molecule has 0 N–H and O–H groups in total. The summed E-state index contributed by atoms with van der Waals surface area (Å²) in [5, 5.41) is 2.11. The summed E-state index contributed by atoms with van der Waals surface area (Å²) in [7, 11) is 0. The molecule has 0 bridgehead atoms. The van der Waals surface area contributed by atoms with Crippen LogP contribution in [0.2, 0.25) is 0 Å². The lowest BCUT2D eigenvalue weighted by molar-refractivity contribution is 1.18. The van der Waals surface area contributed by atoms with Crippen molar-refractivity contribution in [3.8, 4) is 0 Å². The maximum absolute atomic E-state index is 4.85. The van der Waals surface area contributed by atoms with Gasteiger partial charge in [-0.3, -0.25) is 4.99 Å². The molecule has 0 fully saturated rings. The van der Waals surface area contributed by atoms with Gasteiger partial charge < -0.3 is 12.6 Å². The van der Waals surface area contributed by atoms with Crippen molar-refractivity contribution >= 4 is 18.5 Å². The van der Waals surface area contributed by atoms with Gasteiger partial charge >= 0.3 is 11.2 Å². The van der Waals surface area contributed by atoms with E-state index < -0.39 is 0 Å². The Balaban J connectivity index is 2.97. The van der Waals surface area contributed by atoms with Crippen LogP contribution in [0, 0.1) is 6.92 Å². The Hall–Kier alpha value is -1.40. The molecule has 2 nitrogen and oxygen atoms in total. The van der Waals surface area contributed by atoms with Crippen molar-refractivity contribution in [1.82, 2.24) is 4.67 Å². The summed E-state index contributed by atoms with van der Waals surface area (Å²) < 4.78 is 4.03. The van der Waals surface area contributed by atoms with E-state index in [0.29, 0.717) is 5.03 Å². The zero-order valence-corrected chi connectivity index (χ0v) is 7.35. The summed E-state index contributed by atoms with van der Waals surface area (Å²) in [6.07, 6.45) is 0. The van der Waals surface area contributed by atoms with Crippen molar-refractivity contribution < 1.29 is 0 Å². The van der Waals surface area contributed by atoms with E-state index in [1.54, 1.807) is 0 Å². The van der Waals surface area contributed by atoms with Crippen LogP contribution in [0.1, 0.15) is 5.56 Å². The summed E-state index contributed by atoms with van der Waals surface area (Å²) in [4.78, 5) is 4.13. The van der Waals surface area contributed by atoms with Crippen molar-refractivity contribution in [2.75, 3.05) is 0 Å². The van der Waals surface area contributed by atoms with Gasteiger partial charge in [0.05, 0.1) is 0 Å².